The summed E-state index contributed by atoms with van der Waals surface area (Å²) in [6.07, 6.45) is 10.5. The number of amides is 1. The number of hydrogen-bond acceptors (Lipinski definition) is 4. The highest BCUT2D eigenvalue weighted by Crippen LogP contribution is 2.42. The van der Waals surface area contributed by atoms with Gasteiger partial charge in [-0.2, -0.15) is 0 Å². The predicted octanol–water partition coefficient (Wildman–Crippen LogP) is 13.8. The second kappa shape index (κ2) is 16.5. The Bertz CT molecular complexity index is 3240. The van der Waals surface area contributed by atoms with E-state index in [1.807, 2.05) is 12.1 Å². The molecule has 8 bridgehead atoms. The summed E-state index contributed by atoms with van der Waals surface area (Å²) < 4.78 is 0. The molecule has 3 aromatic heterocycles. The maximum Gasteiger partial charge on any atom is 0.241 e. The molecule has 4 aromatic carbocycles. The summed E-state index contributed by atoms with van der Waals surface area (Å²) in [6, 6.07) is 30.3. The van der Waals surface area contributed by atoms with Crippen LogP contribution in [0.1, 0.15) is 85.7 Å². The van der Waals surface area contributed by atoms with Crippen molar-refractivity contribution in [3.05, 3.63) is 158 Å². The molecule has 3 aliphatic rings. The molecular weight excluding hydrogens is 797 g/mol. The highest BCUT2D eigenvalue weighted by molar-refractivity contribution is 6.02. The van der Waals surface area contributed by atoms with Crippen LogP contribution < -0.4 is 10.6 Å². The number of rotatable bonds is 6. The minimum absolute atomic E-state index is 0.00957. The maximum absolute atomic E-state index is 13.4. The molecule has 65 heavy (non-hydrogen) atoms. The molecule has 0 unspecified atom stereocenters. The summed E-state index contributed by atoms with van der Waals surface area (Å²) in [7, 11) is 0. The number of H-pyrrole nitrogens is 2. The van der Waals surface area contributed by atoms with Crippen LogP contribution >= 0.6 is 0 Å². The molecule has 7 heteroatoms. The summed E-state index contributed by atoms with van der Waals surface area (Å²) >= 11 is 0. The molecular formula is C58H56N6O. The topological polar surface area (TPSA) is 98.5 Å². The van der Waals surface area contributed by atoms with E-state index in [0.29, 0.717) is 0 Å². The van der Waals surface area contributed by atoms with Crippen LogP contribution in [0.3, 0.4) is 0 Å². The molecule has 10 rings (SSSR count). The molecule has 7 aromatic rings. The third-order valence-corrected chi connectivity index (χ3v) is 13.3. The average Bonchev–Trinajstić information content (AvgIpc) is 4.11. The Kier molecular flexibility index (Phi) is 10.6. The Morgan fingerprint density at radius 1 is 0.492 bits per heavy atom. The molecule has 1 amide bonds. The third kappa shape index (κ3) is 7.64. The first-order valence-corrected chi connectivity index (χ1v) is 22.9. The van der Waals surface area contributed by atoms with E-state index in [0.717, 1.165) is 109 Å². The van der Waals surface area contributed by atoms with Crippen molar-refractivity contribution in [3.8, 4) is 44.5 Å². The minimum Gasteiger partial charge on any atom is -0.354 e. The Hall–Kier alpha value is -7.09. The van der Waals surface area contributed by atoms with Crippen LogP contribution in [-0.4, -0.2) is 38.4 Å². The number of fused-ring (bicyclic) bond motifs is 8. The molecule has 1 saturated heterocycles. The van der Waals surface area contributed by atoms with Crippen molar-refractivity contribution in [3.63, 3.8) is 0 Å². The van der Waals surface area contributed by atoms with Crippen LogP contribution in [0.5, 0.6) is 0 Å². The van der Waals surface area contributed by atoms with Crippen LogP contribution in [0, 0.1) is 62.3 Å². The zero-order valence-corrected chi connectivity index (χ0v) is 38.9. The first-order chi connectivity index (χ1) is 31.3. The van der Waals surface area contributed by atoms with Crippen LogP contribution in [-0.2, 0) is 4.79 Å². The van der Waals surface area contributed by atoms with E-state index >= 15 is 0 Å². The predicted molar refractivity (Wildman–Crippen MR) is 273 cm³/mol. The third-order valence-electron chi connectivity index (χ3n) is 13.3. The Morgan fingerprint density at radius 3 is 1.26 bits per heavy atom. The van der Waals surface area contributed by atoms with E-state index in [1.165, 1.54) is 55.6 Å². The van der Waals surface area contributed by atoms with Gasteiger partial charge in [-0.25, -0.2) is 9.97 Å². The first-order valence-electron chi connectivity index (χ1n) is 22.9. The number of benzene rings is 4. The minimum atomic E-state index is -0.193. The van der Waals surface area contributed by atoms with Crippen molar-refractivity contribution >= 4 is 58.0 Å². The number of aromatic amines is 2. The zero-order chi connectivity index (χ0) is 45.3. The summed E-state index contributed by atoms with van der Waals surface area (Å²) in [5.41, 5.74) is 27.4. The largest absolute Gasteiger partial charge is 0.354 e. The number of aromatic nitrogens is 4. The van der Waals surface area contributed by atoms with E-state index < -0.39 is 0 Å². The van der Waals surface area contributed by atoms with Crippen molar-refractivity contribution in [1.29, 1.82) is 0 Å². The second-order valence-corrected chi connectivity index (χ2v) is 18.5. The molecule has 3 aliphatic heterocycles. The van der Waals surface area contributed by atoms with Crippen molar-refractivity contribution in [1.82, 2.24) is 25.3 Å². The first kappa shape index (κ1) is 41.9. The van der Waals surface area contributed by atoms with Gasteiger partial charge in [0.05, 0.1) is 28.8 Å². The molecule has 0 aliphatic carbocycles. The molecule has 6 heterocycles. The normalized spacial score (nSPS) is 14.4. The van der Waals surface area contributed by atoms with Crippen LogP contribution in [0.25, 0.3) is 90.9 Å². The molecule has 0 radical (unpaired) electrons. The van der Waals surface area contributed by atoms with Gasteiger partial charge in [-0.1, -0.05) is 65.2 Å². The van der Waals surface area contributed by atoms with E-state index in [9.17, 15) is 4.79 Å². The van der Waals surface area contributed by atoms with E-state index in [1.54, 1.807) is 0 Å². The van der Waals surface area contributed by atoms with E-state index in [2.05, 4.69) is 180 Å². The summed E-state index contributed by atoms with van der Waals surface area (Å²) in [5, 5.41) is 6.55. The van der Waals surface area contributed by atoms with Gasteiger partial charge in [-0.15, -0.1) is 0 Å². The number of hydrogen-bond donors (Lipinski definition) is 4. The lowest BCUT2D eigenvalue weighted by atomic mass is 9.92. The standard InChI is InChI=1S/C58H56N6O/c1-31-24-34(4)51(35(5)25-31)55-44-17-15-42(61-44)54(40-12-10-13-41(30-40)60-58(65)50-14-11-23-59-50)43-16-18-45(62-43)56(52-36(6)26-32(2)27-37(52)7)47-20-22-49(64-47)57(48-21-19-46(55)63-48)53-38(8)28-33(3)29-39(53)9/h10,12-13,15-22,24-30,50,59,61,64H,11,14,23H2,1-9H3,(H,60,65)/t50-/m0/s1. The van der Waals surface area contributed by atoms with Gasteiger partial charge in [-0.05, 0) is 198 Å². The highest BCUT2D eigenvalue weighted by Gasteiger charge is 2.24. The lowest BCUT2D eigenvalue weighted by molar-refractivity contribution is -0.117. The van der Waals surface area contributed by atoms with E-state index in [4.69, 9.17) is 9.97 Å². The van der Waals surface area contributed by atoms with Crippen LogP contribution in [0.2, 0.25) is 0 Å². The Labute approximate surface area is 381 Å². The highest BCUT2D eigenvalue weighted by atomic mass is 16.2. The number of nitrogens with one attached hydrogen (secondary N) is 4. The van der Waals surface area contributed by atoms with Gasteiger partial charge in [-0.3, -0.25) is 4.79 Å². The smallest absolute Gasteiger partial charge is 0.241 e. The fraction of sp³-hybridized carbons (Fsp3) is 0.224. The lowest BCUT2D eigenvalue weighted by Gasteiger charge is -2.14. The fourth-order valence-electron chi connectivity index (χ4n) is 10.9. The second-order valence-electron chi connectivity index (χ2n) is 18.5. The monoisotopic (exact) mass is 852 g/mol. The quantitative estimate of drug-likeness (QED) is 0.134. The SMILES string of the molecule is Cc1cc(C)c(-c2c3nc(c(-c4c(C)cc(C)cc4C)c4ccc([nH]4)c(-c4c(C)cc(C)cc4C)c4nc(c(-c5cccc(NC(=O)[C@@H]6CCCN6)c5)c5ccc2[nH]5)C=C4)C=C3)c(C)c1. The molecule has 7 nitrogen and oxygen atoms in total. The number of anilines is 1. The van der Waals surface area contributed by atoms with Crippen molar-refractivity contribution in [2.75, 3.05) is 11.9 Å². The average molecular weight is 853 g/mol. The molecule has 0 spiro atoms. The molecule has 1 fully saturated rings. The molecule has 0 saturated carbocycles. The number of nitrogens with zero attached hydrogens (tertiary/aromatic N) is 2. The van der Waals surface area contributed by atoms with Gasteiger partial charge in [0.1, 0.15) is 0 Å². The molecule has 1 atom stereocenters. The van der Waals surface area contributed by atoms with Gasteiger partial charge in [0.2, 0.25) is 5.91 Å². The van der Waals surface area contributed by atoms with Gasteiger partial charge < -0.3 is 20.6 Å². The Morgan fingerprint density at radius 2 is 0.877 bits per heavy atom. The van der Waals surface area contributed by atoms with Crippen LogP contribution in [0.4, 0.5) is 5.69 Å². The van der Waals surface area contributed by atoms with Gasteiger partial charge >= 0.3 is 0 Å². The van der Waals surface area contributed by atoms with Crippen molar-refractivity contribution in [2.45, 2.75) is 81.2 Å². The molecule has 324 valence electrons. The summed E-state index contributed by atoms with van der Waals surface area (Å²) in [6.45, 7) is 20.6. The van der Waals surface area contributed by atoms with Gasteiger partial charge in [0.15, 0.2) is 0 Å². The summed E-state index contributed by atoms with van der Waals surface area (Å²) in [5.74, 6) is -0.00957. The number of aryl methyl sites for hydroxylation is 9. The van der Waals surface area contributed by atoms with Crippen molar-refractivity contribution < 1.29 is 4.79 Å². The van der Waals surface area contributed by atoms with E-state index in [-0.39, 0.29) is 11.9 Å². The van der Waals surface area contributed by atoms with Gasteiger partial charge in [0.25, 0.3) is 0 Å². The Balaban J connectivity index is 1.36. The number of carbonyl (C=O) groups is 1. The zero-order valence-electron chi connectivity index (χ0n) is 38.9. The number of carbonyl (C=O) groups excluding carboxylic acids is 1. The van der Waals surface area contributed by atoms with Crippen LogP contribution in [0.15, 0.2) is 84.9 Å². The maximum atomic E-state index is 13.4. The summed E-state index contributed by atoms with van der Waals surface area (Å²) in [4.78, 5) is 32.5. The fourth-order valence-corrected chi connectivity index (χ4v) is 10.9. The lowest BCUT2D eigenvalue weighted by Crippen LogP contribution is -2.35. The van der Waals surface area contributed by atoms with Gasteiger partial charge in [0, 0.05) is 50.0 Å². The molecule has 4 N–H and O–H groups in total. The van der Waals surface area contributed by atoms with Crippen molar-refractivity contribution in [2.24, 2.45) is 0 Å².